The van der Waals surface area contributed by atoms with Gasteiger partial charge in [0, 0.05) is 18.1 Å². The average Bonchev–Trinajstić information content (AvgIpc) is 2.52. The monoisotopic (exact) mass is 198 g/mol. The zero-order chi connectivity index (χ0) is 9.26. The van der Waals surface area contributed by atoms with E-state index < -0.39 is 0 Å². The second-order valence-corrected chi connectivity index (χ2v) is 3.56. The molecule has 2 nitrogen and oxygen atoms in total. The molecule has 1 aromatic rings. The number of aliphatic hydroxyl groups excluding tert-OH is 1. The summed E-state index contributed by atoms with van der Waals surface area (Å²) >= 11 is 5.93. The number of ether oxygens (including phenoxy) is 1. The molecule has 0 unspecified atom stereocenters. The number of aliphatic hydroxyl groups is 1. The minimum Gasteiger partial charge on any atom is -0.493 e. The van der Waals surface area contributed by atoms with E-state index in [9.17, 15) is 0 Å². The summed E-state index contributed by atoms with van der Waals surface area (Å²) in [5, 5.41) is 9.57. The van der Waals surface area contributed by atoms with Gasteiger partial charge >= 0.3 is 0 Å². The highest BCUT2D eigenvalue weighted by Crippen LogP contribution is 2.32. The highest BCUT2D eigenvalue weighted by molar-refractivity contribution is 6.30. The Bertz CT molecular complexity index is 323. The molecule has 0 radical (unpaired) electrons. The lowest BCUT2D eigenvalue weighted by Crippen LogP contribution is -1.95. The van der Waals surface area contributed by atoms with Crippen LogP contribution in [0.15, 0.2) is 12.1 Å². The average molecular weight is 199 g/mol. The van der Waals surface area contributed by atoms with E-state index in [4.69, 9.17) is 21.4 Å². The lowest BCUT2D eigenvalue weighted by molar-refractivity contribution is 0.295. The predicted molar refractivity (Wildman–Crippen MR) is 51.4 cm³/mol. The molecule has 0 saturated carbocycles. The summed E-state index contributed by atoms with van der Waals surface area (Å²) in [5.74, 6) is 0.929. The maximum absolute atomic E-state index is 8.84. The number of fused-ring (bicyclic) bond motifs is 1. The molecule has 1 aliphatic rings. The largest absolute Gasteiger partial charge is 0.493 e. The van der Waals surface area contributed by atoms with Gasteiger partial charge in [0.15, 0.2) is 0 Å². The number of halogens is 1. The highest BCUT2D eigenvalue weighted by Gasteiger charge is 2.16. The van der Waals surface area contributed by atoms with Crippen molar-refractivity contribution in [1.29, 1.82) is 0 Å². The lowest BCUT2D eigenvalue weighted by atomic mass is 10.1. The second kappa shape index (κ2) is 3.56. The lowest BCUT2D eigenvalue weighted by Gasteiger charge is -2.06. The number of benzene rings is 1. The maximum atomic E-state index is 8.84. The quantitative estimate of drug-likeness (QED) is 0.786. The van der Waals surface area contributed by atoms with Crippen LogP contribution in [0.25, 0.3) is 0 Å². The van der Waals surface area contributed by atoms with Crippen molar-refractivity contribution >= 4 is 11.6 Å². The van der Waals surface area contributed by atoms with E-state index in [-0.39, 0.29) is 6.61 Å². The van der Waals surface area contributed by atoms with Crippen molar-refractivity contribution in [2.24, 2.45) is 0 Å². The smallest absolute Gasteiger partial charge is 0.125 e. The van der Waals surface area contributed by atoms with Gasteiger partial charge < -0.3 is 9.84 Å². The SMILES string of the molecule is OCCc1cc(Cl)cc2c1OCC2. The van der Waals surface area contributed by atoms with E-state index in [0.717, 1.165) is 34.9 Å². The van der Waals surface area contributed by atoms with Crippen molar-refractivity contribution < 1.29 is 9.84 Å². The van der Waals surface area contributed by atoms with Crippen molar-refractivity contribution in [3.8, 4) is 5.75 Å². The molecule has 0 spiro atoms. The Balaban J connectivity index is 2.43. The second-order valence-electron chi connectivity index (χ2n) is 3.13. The number of rotatable bonds is 2. The summed E-state index contributed by atoms with van der Waals surface area (Å²) in [6.45, 7) is 0.865. The summed E-state index contributed by atoms with van der Waals surface area (Å²) in [4.78, 5) is 0. The van der Waals surface area contributed by atoms with Gasteiger partial charge in [-0.05, 0) is 29.7 Å². The van der Waals surface area contributed by atoms with Crippen LogP contribution in [-0.4, -0.2) is 18.3 Å². The summed E-state index contributed by atoms with van der Waals surface area (Å²) in [6, 6.07) is 3.80. The highest BCUT2D eigenvalue weighted by atomic mass is 35.5. The third-order valence-corrected chi connectivity index (χ3v) is 2.42. The fourth-order valence-electron chi connectivity index (χ4n) is 1.65. The van der Waals surface area contributed by atoms with Crippen molar-refractivity contribution in [2.75, 3.05) is 13.2 Å². The minimum absolute atomic E-state index is 0.135. The van der Waals surface area contributed by atoms with E-state index >= 15 is 0 Å². The van der Waals surface area contributed by atoms with Crippen LogP contribution in [-0.2, 0) is 12.8 Å². The minimum atomic E-state index is 0.135. The van der Waals surface area contributed by atoms with E-state index in [0.29, 0.717) is 6.42 Å². The Kier molecular flexibility index (Phi) is 2.42. The van der Waals surface area contributed by atoms with Gasteiger partial charge in [-0.3, -0.25) is 0 Å². The molecule has 13 heavy (non-hydrogen) atoms. The summed E-state index contributed by atoms with van der Waals surface area (Å²) in [7, 11) is 0. The van der Waals surface area contributed by atoms with Gasteiger partial charge in [0.05, 0.1) is 6.61 Å². The predicted octanol–water partition coefficient (Wildman–Crippen LogP) is 1.81. The third kappa shape index (κ3) is 1.64. The molecule has 0 fully saturated rings. The van der Waals surface area contributed by atoms with Gasteiger partial charge in [-0.1, -0.05) is 11.6 Å². The van der Waals surface area contributed by atoms with E-state index in [1.807, 2.05) is 12.1 Å². The molecular weight excluding hydrogens is 188 g/mol. The van der Waals surface area contributed by atoms with Crippen LogP contribution in [0.2, 0.25) is 5.02 Å². The van der Waals surface area contributed by atoms with Gasteiger partial charge in [0.25, 0.3) is 0 Å². The molecular formula is C10H11ClO2. The first-order chi connectivity index (χ1) is 6.31. The van der Waals surface area contributed by atoms with Crippen LogP contribution in [0.4, 0.5) is 0 Å². The zero-order valence-corrected chi connectivity index (χ0v) is 7.97. The molecule has 0 aliphatic carbocycles. The van der Waals surface area contributed by atoms with Crippen LogP contribution >= 0.6 is 11.6 Å². The molecule has 0 amide bonds. The normalized spacial score (nSPS) is 14.0. The molecule has 0 bridgehead atoms. The first-order valence-corrected chi connectivity index (χ1v) is 4.74. The van der Waals surface area contributed by atoms with Gasteiger partial charge in [0.1, 0.15) is 5.75 Å². The fraction of sp³-hybridized carbons (Fsp3) is 0.400. The Morgan fingerprint density at radius 2 is 2.31 bits per heavy atom. The molecule has 1 N–H and O–H groups in total. The summed E-state index contributed by atoms with van der Waals surface area (Å²) in [6.07, 6.45) is 1.54. The van der Waals surface area contributed by atoms with E-state index in [1.165, 1.54) is 0 Å². The van der Waals surface area contributed by atoms with Crippen molar-refractivity contribution in [3.05, 3.63) is 28.3 Å². The first kappa shape index (κ1) is 8.85. The Labute approximate surface area is 82.1 Å². The van der Waals surface area contributed by atoms with Crippen molar-refractivity contribution in [1.82, 2.24) is 0 Å². The third-order valence-electron chi connectivity index (χ3n) is 2.21. The maximum Gasteiger partial charge on any atom is 0.125 e. The first-order valence-electron chi connectivity index (χ1n) is 4.36. The van der Waals surface area contributed by atoms with Gasteiger partial charge in [-0.2, -0.15) is 0 Å². The molecule has 0 saturated heterocycles. The molecule has 70 valence electrons. The van der Waals surface area contributed by atoms with Crippen LogP contribution in [0.1, 0.15) is 11.1 Å². The molecule has 1 heterocycles. The fourth-order valence-corrected chi connectivity index (χ4v) is 1.92. The zero-order valence-electron chi connectivity index (χ0n) is 7.22. The van der Waals surface area contributed by atoms with Crippen LogP contribution in [0.5, 0.6) is 5.75 Å². The topological polar surface area (TPSA) is 29.5 Å². The Morgan fingerprint density at radius 3 is 3.08 bits per heavy atom. The molecule has 1 aromatic carbocycles. The molecule has 3 heteroatoms. The standard InChI is InChI=1S/C10H11ClO2/c11-9-5-7(1-3-12)10-8(6-9)2-4-13-10/h5-6,12H,1-4H2. The van der Waals surface area contributed by atoms with Crippen molar-refractivity contribution in [3.63, 3.8) is 0 Å². The molecule has 0 atom stereocenters. The van der Waals surface area contributed by atoms with Gasteiger partial charge in [-0.25, -0.2) is 0 Å². The van der Waals surface area contributed by atoms with Crippen LogP contribution < -0.4 is 4.74 Å². The number of hydrogen-bond acceptors (Lipinski definition) is 2. The molecule has 0 aromatic heterocycles. The Hall–Kier alpha value is -0.730. The van der Waals surface area contributed by atoms with Gasteiger partial charge in [0.2, 0.25) is 0 Å². The van der Waals surface area contributed by atoms with Crippen LogP contribution in [0, 0.1) is 0 Å². The Morgan fingerprint density at radius 1 is 1.46 bits per heavy atom. The summed E-state index contributed by atoms with van der Waals surface area (Å²) in [5.41, 5.74) is 2.18. The number of hydrogen-bond donors (Lipinski definition) is 1. The molecule has 2 rings (SSSR count). The van der Waals surface area contributed by atoms with Crippen LogP contribution in [0.3, 0.4) is 0 Å². The van der Waals surface area contributed by atoms with E-state index in [2.05, 4.69) is 0 Å². The molecule has 1 aliphatic heterocycles. The van der Waals surface area contributed by atoms with Gasteiger partial charge in [-0.15, -0.1) is 0 Å². The summed E-state index contributed by atoms with van der Waals surface area (Å²) < 4.78 is 5.47. The van der Waals surface area contributed by atoms with Crippen molar-refractivity contribution in [2.45, 2.75) is 12.8 Å². The van der Waals surface area contributed by atoms with E-state index in [1.54, 1.807) is 0 Å².